The van der Waals surface area contributed by atoms with Crippen molar-refractivity contribution < 1.29 is 23.8 Å². The summed E-state index contributed by atoms with van der Waals surface area (Å²) in [6.07, 6.45) is 0. The van der Waals surface area contributed by atoms with Gasteiger partial charge in [0.1, 0.15) is 5.75 Å². The number of hydrogen-bond donors (Lipinski definition) is 1. The van der Waals surface area contributed by atoms with Crippen molar-refractivity contribution in [1.29, 1.82) is 0 Å². The Kier molecular flexibility index (Phi) is 4.83. The number of carboxylic acid groups (broad SMARTS) is 1. The molecule has 0 atom stereocenters. The molecule has 0 fully saturated rings. The van der Waals surface area contributed by atoms with Crippen molar-refractivity contribution in [3.63, 3.8) is 0 Å². The average molecular weight is 296 g/mol. The molecule has 2 aromatic rings. The van der Waals surface area contributed by atoms with Gasteiger partial charge in [-0.2, -0.15) is 0 Å². The predicted octanol–water partition coefficient (Wildman–Crippen LogP) is 1.83. The lowest BCUT2D eigenvalue weighted by Gasteiger charge is -2.07. The molecule has 0 aliphatic heterocycles. The fourth-order valence-electron chi connectivity index (χ4n) is 1.36. The molecule has 2 rings (SSSR count). The van der Waals surface area contributed by atoms with Gasteiger partial charge < -0.3 is 19.0 Å². The third kappa shape index (κ3) is 3.89. The van der Waals surface area contributed by atoms with Gasteiger partial charge in [0.05, 0.1) is 7.11 Å². The summed E-state index contributed by atoms with van der Waals surface area (Å²) in [5.41, 5.74) is 0. The van der Waals surface area contributed by atoms with Gasteiger partial charge in [-0.05, 0) is 12.1 Å². The van der Waals surface area contributed by atoms with Crippen molar-refractivity contribution in [2.24, 2.45) is 0 Å². The maximum Gasteiger partial charge on any atom is 0.314 e. The Labute approximate surface area is 118 Å². The van der Waals surface area contributed by atoms with Crippen LogP contribution in [0.4, 0.5) is 0 Å². The number of para-hydroxylation sites is 2. The van der Waals surface area contributed by atoms with Gasteiger partial charge in [-0.15, -0.1) is 10.2 Å². The van der Waals surface area contributed by atoms with Crippen LogP contribution in [-0.4, -0.2) is 34.1 Å². The minimum absolute atomic E-state index is 0.0843. The first-order chi connectivity index (χ1) is 9.69. The highest BCUT2D eigenvalue weighted by molar-refractivity contribution is 7.99. The van der Waals surface area contributed by atoms with Crippen molar-refractivity contribution in [2.45, 2.75) is 11.8 Å². The molecule has 0 radical (unpaired) electrons. The monoisotopic (exact) mass is 296 g/mol. The molecular formula is C12H12N2O5S. The van der Waals surface area contributed by atoms with Crippen LogP contribution in [-0.2, 0) is 11.4 Å². The summed E-state index contributed by atoms with van der Waals surface area (Å²) in [7, 11) is 1.55. The van der Waals surface area contributed by atoms with Crippen LogP contribution in [0.2, 0.25) is 0 Å². The maximum atomic E-state index is 10.4. The van der Waals surface area contributed by atoms with Crippen molar-refractivity contribution in [1.82, 2.24) is 10.2 Å². The number of aromatic nitrogens is 2. The van der Waals surface area contributed by atoms with E-state index in [1.807, 2.05) is 12.1 Å². The molecule has 1 heterocycles. The van der Waals surface area contributed by atoms with E-state index in [1.54, 1.807) is 19.2 Å². The van der Waals surface area contributed by atoms with E-state index in [-0.39, 0.29) is 23.5 Å². The van der Waals surface area contributed by atoms with Gasteiger partial charge in [-0.25, -0.2) is 0 Å². The van der Waals surface area contributed by atoms with Gasteiger partial charge in [-0.3, -0.25) is 4.79 Å². The molecular weight excluding hydrogens is 284 g/mol. The molecule has 0 aliphatic carbocycles. The molecule has 1 N–H and O–H groups in total. The second kappa shape index (κ2) is 6.80. The van der Waals surface area contributed by atoms with E-state index in [0.29, 0.717) is 11.5 Å². The molecule has 1 aromatic carbocycles. The van der Waals surface area contributed by atoms with Gasteiger partial charge in [0.15, 0.2) is 18.1 Å². The molecule has 106 valence electrons. The number of carboxylic acids is 1. The lowest BCUT2D eigenvalue weighted by atomic mass is 10.3. The van der Waals surface area contributed by atoms with Crippen LogP contribution in [0.25, 0.3) is 0 Å². The summed E-state index contributed by atoms with van der Waals surface area (Å²) in [5, 5.41) is 16.2. The van der Waals surface area contributed by atoms with E-state index < -0.39 is 5.97 Å². The van der Waals surface area contributed by atoms with E-state index in [2.05, 4.69) is 10.2 Å². The van der Waals surface area contributed by atoms with Gasteiger partial charge in [0.25, 0.3) is 11.1 Å². The fourth-order valence-corrected chi connectivity index (χ4v) is 1.86. The van der Waals surface area contributed by atoms with Crippen molar-refractivity contribution >= 4 is 17.7 Å². The van der Waals surface area contributed by atoms with Crippen LogP contribution < -0.4 is 9.47 Å². The van der Waals surface area contributed by atoms with Gasteiger partial charge in [-0.1, -0.05) is 23.9 Å². The first-order valence-corrected chi connectivity index (χ1v) is 6.60. The molecule has 0 unspecified atom stereocenters. The normalized spacial score (nSPS) is 10.2. The Balaban J connectivity index is 1.92. The summed E-state index contributed by atoms with van der Waals surface area (Å²) < 4.78 is 15.9. The van der Waals surface area contributed by atoms with Crippen LogP contribution in [0.5, 0.6) is 11.5 Å². The second-order valence-corrected chi connectivity index (χ2v) is 4.51. The number of methoxy groups -OCH3 is 1. The zero-order valence-corrected chi connectivity index (χ0v) is 11.4. The fraction of sp³-hybridized carbons (Fsp3) is 0.250. The first-order valence-electron chi connectivity index (χ1n) is 5.62. The molecule has 20 heavy (non-hydrogen) atoms. The predicted molar refractivity (Wildman–Crippen MR) is 70.0 cm³/mol. The Morgan fingerprint density at radius 3 is 2.80 bits per heavy atom. The lowest BCUT2D eigenvalue weighted by Crippen LogP contribution is -1.97. The molecule has 0 saturated heterocycles. The molecule has 0 bridgehead atoms. The maximum absolute atomic E-state index is 10.4. The largest absolute Gasteiger partial charge is 0.493 e. The van der Waals surface area contributed by atoms with Crippen LogP contribution in [0.3, 0.4) is 0 Å². The van der Waals surface area contributed by atoms with E-state index in [4.69, 9.17) is 19.0 Å². The Hall–Kier alpha value is -2.22. The number of hydrogen-bond acceptors (Lipinski definition) is 7. The van der Waals surface area contributed by atoms with Crippen molar-refractivity contribution in [2.75, 3.05) is 12.9 Å². The Bertz CT molecular complexity index is 587. The number of carbonyl (C=O) groups is 1. The average Bonchev–Trinajstić information content (AvgIpc) is 2.91. The number of aliphatic carboxylic acids is 1. The third-order valence-electron chi connectivity index (χ3n) is 2.19. The molecule has 0 spiro atoms. The minimum Gasteiger partial charge on any atom is -0.493 e. The molecule has 0 aliphatic rings. The highest BCUT2D eigenvalue weighted by Crippen LogP contribution is 2.26. The number of rotatable bonds is 7. The Morgan fingerprint density at radius 2 is 2.10 bits per heavy atom. The molecule has 0 saturated carbocycles. The molecule has 0 amide bonds. The summed E-state index contributed by atoms with van der Waals surface area (Å²) in [6, 6.07) is 7.19. The quantitative estimate of drug-likeness (QED) is 0.773. The second-order valence-electron chi connectivity index (χ2n) is 3.58. The van der Waals surface area contributed by atoms with Gasteiger partial charge >= 0.3 is 5.97 Å². The number of nitrogens with zero attached hydrogens (tertiary/aromatic N) is 2. The van der Waals surface area contributed by atoms with Crippen LogP contribution in [0.1, 0.15) is 5.89 Å². The zero-order valence-electron chi connectivity index (χ0n) is 10.6. The highest BCUT2D eigenvalue weighted by atomic mass is 32.2. The van der Waals surface area contributed by atoms with Crippen LogP contribution >= 0.6 is 11.8 Å². The third-order valence-corrected chi connectivity index (χ3v) is 2.99. The molecule has 1 aromatic heterocycles. The standard InChI is InChI=1S/C12H12N2O5S/c1-17-8-4-2-3-5-9(8)18-6-10-13-14-12(19-10)20-7-11(15)16/h2-5H,6-7H2,1H3,(H,15,16). The number of benzene rings is 1. The lowest BCUT2D eigenvalue weighted by molar-refractivity contribution is -0.133. The van der Waals surface area contributed by atoms with Gasteiger partial charge in [0, 0.05) is 0 Å². The zero-order chi connectivity index (χ0) is 14.4. The highest BCUT2D eigenvalue weighted by Gasteiger charge is 2.10. The molecule has 7 nitrogen and oxygen atoms in total. The van der Waals surface area contributed by atoms with E-state index in [9.17, 15) is 4.79 Å². The molecule has 8 heteroatoms. The smallest absolute Gasteiger partial charge is 0.314 e. The topological polar surface area (TPSA) is 94.7 Å². The number of ether oxygens (including phenoxy) is 2. The van der Waals surface area contributed by atoms with Crippen LogP contribution in [0.15, 0.2) is 33.9 Å². The van der Waals surface area contributed by atoms with Crippen molar-refractivity contribution in [3.05, 3.63) is 30.2 Å². The summed E-state index contributed by atoms with van der Waals surface area (Å²) in [5.74, 6) is 0.360. The van der Waals surface area contributed by atoms with Crippen LogP contribution in [0, 0.1) is 0 Å². The Morgan fingerprint density at radius 1 is 1.35 bits per heavy atom. The van der Waals surface area contributed by atoms with E-state index >= 15 is 0 Å². The van der Waals surface area contributed by atoms with E-state index in [1.165, 1.54) is 0 Å². The minimum atomic E-state index is -0.944. The summed E-state index contributed by atoms with van der Waals surface area (Å²) in [6.45, 7) is 0.0843. The summed E-state index contributed by atoms with van der Waals surface area (Å²) in [4.78, 5) is 10.4. The summed E-state index contributed by atoms with van der Waals surface area (Å²) >= 11 is 0.959. The van der Waals surface area contributed by atoms with Gasteiger partial charge in [0.2, 0.25) is 0 Å². The first kappa shape index (κ1) is 14.2. The van der Waals surface area contributed by atoms with E-state index in [0.717, 1.165) is 11.8 Å². The number of thioether (sulfide) groups is 1. The van der Waals surface area contributed by atoms with Crippen molar-refractivity contribution in [3.8, 4) is 11.5 Å². The SMILES string of the molecule is COc1ccccc1OCc1nnc(SCC(=O)O)o1.